The molecule has 39 heavy (non-hydrogen) atoms. The first-order valence-corrected chi connectivity index (χ1v) is 15.1. The second kappa shape index (κ2) is 10.6. The fourth-order valence-electron chi connectivity index (χ4n) is 6.59. The van der Waals surface area contributed by atoms with Crippen molar-refractivity contribution in [1.82, 2.24) is 10.2 Å². The second-order valence-corrected chi connectivity index (χ2v) is 13.2. The van der Waals surface area contributed by atoms with E-state index in [9.17, 15) is 19.5 Å². The summed E-state index contributed by atoms with van der Waals surface area (Å²) in [6.45, 7) is 0.562. The minimum atomic E-state index is -0.741. The first-order chi connectivity index (χ1) is 18.9. The summed E-state index contributed by atoms with van der Waals surface area (Å²) in [6.07, 6.45) is 0.984. The molecule has 0 aliphatic carbocycles. The number of benzene rings is 3. The van der Waals surface area contributed by atoms with Crippen LogP contribution < -0.4 is 10.6 Å². The first-order valence-electron chi connectivity index (χ1n) is 13.3. The number of halogens is 1. The Morgan fingerprint density at radius 1 is 1.03 bits per heavy atom. The van der Waals surface area contributed by atoms with Crippen molar-refractivity contribution in [3.63, 3.8) is 0 Å². The van der Waals surface area contributed by atoms with Gasteiger partial charge in [-0.1, -0.05) is 76.6 Å². The molecule has 6 atom stereocenters. The van der Waals surface area contributed by atoms with Gasteiger partial charge in [-0.3, -0.25) is 14.4 Å². The first kappa shape index (κ1) is 26.3. The number of carbonyl (C=O) groups is 3. The zero-order valence-electron chi connectivity index (χ0n) is 21.3. The number of aliphatic hydroxyl groups is 1. The Hall–Kier alpha value is -2.88. The van der Waals surface area contributed by atoms with Gasteiger partial charge in [-0.25, -0.2) is 0 Å². The third-order valence-electron chi connectivity index (χ3n) is 8.22. The summed E-state index contributed by atoms with van der Waals surface area (Å²) >= 11 is 5.40. The third kappa shape index (κ3) is 4.54. The summed E-state index contributed by atoms with van der Waals surface area (Å²) in [6, 6.07) is 22.7. The predicted molar refractivity (Wildman–Crippen MR) is 156 cm³/mol. The molecule has 0 saturated carbocycles. The van der Waals surface area contributed by atoms with Crippen LogP contribution in [-0.4, -0.2) is 61.7 Å². The molecule has 0 aromatic heterocycles. The Morgan fingerprint density at radius 2 is 1.77 bits per heavy atom. The molecule has 1 spiro atoms. The van der Waals surface area contributed by atoms with E-state index in [1.807, 2.05) is 72.8 Å². The number of nitrogens with zero attached hydrogens (tertiary/aromatic N) is 1. The smallest absolute Gasteiger partial charge is 0.248 e. The zero-order chi connectivity index (χ0) is 27.1. The lowest BCUT2D eigenvalue weighted by atomic mass is 9.70. The van der Waals surface area contributed by atoms with E-state index in [1.54, 1.807) is 16.7 Å². The van der Waals surface area contributed by atoms with Crippen LogP contribution in [0, 0.1) is 11.8 Å². The van der Waals surface area contributed by atoms with E-state index in [0.29, 0.717) is 25.1 Å². The summed E-state index contributed by atoms with van der Waals surface area (Å²) in [7, 11) is 0. The van der Waals surface area contributed by atoms with Crippen molar-refractivity contribution in [2.24, 2.45) is 11.8 Å². The number of thioether (sulfide) groups is 1. The Balaban J connectivity index is 1.30. The van der Waals surface area contributed by atoms with E-state index in [-0.39, 0.29) is 41.0 Å². The van der Waals surface area contributed by atoms with Crippen molar-refractivity contribution in [3.05, 3.63) is 78.4 Å². The maximum absolute atomic E-state index is 14.0. The van der Waals surface area contributed by atoms with Gasteiger partial charge in [-0.05, 0) is 41.3 Å². The molecule has 3 fully saturated rings. The van der Waals surface area contributed by atoms with Gasteiger partial charge in [0.05, 0.1) is 16.6 Å². The number of carbonyl (C=O) groups excluding carboxylic acids is 3. The van der Waals surface area contributed by atoms with Crippen LogP contribution in [0.2, 0.25) is 0 Å². The summed E-state index contributed by atoms with van der Waals surface area (Å²) in [5.74, 6) is -1.71. The Kier molecular flexibility index (Phi) is 7.16. The topological polar surface area (TPSA) is 98.7 Å². The molecule has 3 N–H and O–H groups in total. The highest BCUT2D eigenvalue weighted by Crippen LogP contribution is 2.67. The number of alkyl halides is 1. The van der Waals surface area contributed by atoms with E-state index < -0.39 is 22.6 Å². The molecule has 3 aliphatic rings. The number of aliphatic hydroxyl groups excluding tert-OH is 1. The van der Waals surface area contributed by atoms with Gasteiger partial charge in [-0.2, -0.15) is 0 Å². The molecular weight excluding hydrogens is 578 g/mol. The number of amides is 3. The number of likely N-dealkylation sites (tertiary alicyclic amines) is 1. The lowest BCUT2D eigenvalue weighted by Crippen LogP contribution is -2.53. The van der Waals surface area contributed by atoms with Gasteiger partial charge >= 0.3 is 0 Å². The fraction of sp³-hybridized carbons (Fsp3) is 0.367. The number of fused-ring (bicyclic) bond motifs is 2. The average molecular weight is 609 g/mol. The van der Waals surface area contributed by atoms with Crippen LogP contribution in [0.15, 0.2) is 72.8 Å². The molecule has 3 saturated heterocycles. The molecule has 3 aromatic rings. The number of hydrogen-bond donors (Lipinski definition) is 3. The van der Waals surface area contributed by atoms with Gasteiger partial charge in [0.15, 0.2) is 0 Å². The summed E-state index contributed by atoms with van der Waals surface area (Å²) in [4.78, 5) is 43.2. The van der Waals surface area contributed by atoms with Crippen LogP contribution >= 0.6 is 27.7 Å². The normalized spacial score (nSPS) is 29.0. The van der Waals surface area contributed by atoms with Crippen LogP contribution in [0.25, 0.3) is 10.8 Å². The molecule has 3 aromatic carbocycles. The largest absolute Gasteiger partial charge is 0.396 e. The fourth-order valence-corrected chi connectivity index (χ4v) is 10.2. The van der Waals surface area contributed by atoms with Gasteiger partial charge in [0.25, 0.3) is 0 Å². The molecule has 3 aliphatic heterocycles. The minimum absolute atomic E-state index is 0.00721. The number of hydrogen-bond acceptors (Lipinski definition) is 5. The maximum Gasteiger partial charge on any atom is 0.248 e. The van der Waals surface area contributed by atoms with Crippen molar-refractivity contribution < 1.29 is 19.5 Å². The van der Waals surface area contributed by atoms with E-state index in [2.05, 4.69) is 26.6 Å². The monoisotopic (exact) mass is 607 g/mol. The number of rotatable bonds is 8. The van der Waals surface area contributed by atoms with Gasteiger partial charge in [0, 0.05) is 35.5 Å². The lowest BCUT2D eigenvalue weighted by molar-refractivity contribution is -0.139. The quantitative estimate of drug-likeness (QED) is 0.337. The molecule has 3 heterocycles. The highest BCUT2D eigenvalue weighted by Gasteiger charge is 2.75. The van der Waals surface area contributed by atoms with Crippen LogP contribution in [-0.2, 0) is 20.9 Å². The van der Waals surface area contributed by atoms with Crippen LogP contribution in [0.4, 0.5) is 5.69 Å². The summed E-state index contributed by atoms with van der Waals surface area (Å²) < 4.78 is -0.721. The van der Waals surface area contributed by atoms with Gasteiger partial charge in [0.2, 0.25) is 17.7 Å². The van der Waals surface area contributed by atoms with E-state index in [1.165, 1.54) is 0 Å². The Bertz CT molecular complexity index is 1420. The van der Waals surface area contributed by atoms with E-state index >= 15 is 0 Å². The molecule has 2 bridgehead atoms. The molecule has 7 nitrogen and oxygen atoms in total. The molecule has 3 amide bonds. The van der Waals surface area contributed by atoms with Gasteiger partial charge in [0.1, 0.15) is 6.04 Å². The van der Waals surface area contributed by atoms with Crippen LogP contribution in [0.5, 0.6) is 0 Å². The number of nitrogens with one attached hydrogen (secondary N) is 2. The van der Waals surface area contributed by atoms with Gasteiger partial charge < -0.3 is 20.6 Å². The van der Waals surface area contributed by atoms with E-state index in [4.69, 9.17) is 0 Å². The standard InChI is InChI=1S/C30H30BrN3O4S/c31-22-16-30-24(23(25(22)39-30)27(36)32-17-18-7-2-1-3-8-18)29(38)34(13-6-14-35)26(30)28(37)33-21-12-11-19-9-4-5-10-20(19)15-21/h1-5,7-12,15,22-26,35H,6,13-14,16-17H2,(H,32,36)(H,33,37)/t22?,23-,24-,25-,26?,30?/m0/s1. The highest BCUT2D eigenvalue weighted by atomic mass is 79.9. The molecule has 0 radical (unpaired) electrons. The van der Waals surface area contributed by atoms with Crippen molar-refractivity contribution >= 4 is 61.9 Å². The predicted octanol–water partition coefficient (Wildman–Crippen LogP) is 3.94. The van der Waals surface area contributed by atoms with Crippen molar-refractivity contribution in [2.45, 2.75) is 40.3 Å². The molecule has 9 heteroatoms. The Labute approximate surface area is 239 Å². The number of anilines is 1. The molecular formula is C30H30BrN3O4S. The molecule has 202 valence electrons. The SMILES string of the molecule is O=C(Nc1ccc2ccccc2c1)C1N(CCCO)C(=O)[C@@H]2[C@H](C(=O)NCc3ccccc3)[C@H]3SC12CC3Br. The van der Waals surface area contributed by atoms with Crippen LogP contribution in [0.3, 0.4) is 0 Å². The zero-order valence-corrected chi connectivity index (χ0v) is 23.7. The van der Waals surface area contributed by atoms with Crippen molar-refractivity contribution in [1.29, 1.82) is 0 Å². The van der Waals surface area contributed by atoms with Crippen molar-refractivity contribution in [3.8, 4) is 0 Å². The third-order valence-corrected chi connectivity index (χ3v) is 11.4. The maximum atomic E-state index is 14.0. The summed E-state index contributed by atoms with van der Waals surface area (Å²) in [5, 5.41) is 17.7. The van der Waals surface area contributed by atoms with Crippen LogP contribution in [0.1, 0.15) is 18.4 Å². The minimum Gasteiger partial charge on any atom is -0.396 e. The molecule has 6 rings (SSSR count). The molecule has 3 unspecified atom stereocenters. The van der Waals surface area contributed by atoms with Crippen molar-refractivity contribution in [2.75, 3.05) is 18.5 Å². The second-order valence-electron chi connectivity index (χ2n) is 10.5. The average Bonchev–Trinajstić information content (AvgIpc) is 3.54. The Morgan fingerprint density at radius 3 is 2.54 bits per heavy atom. The van der Waals surface area contributed by atoms with Gasteiger partial charge in [-0.15, -0.1) is 11.8 Å². The van der Waals surface area contributed by atoms with E-state index in [0.717, 1.165) is 16.3 Å². The summed E-state index contributed by atoms with van der Waals surface area (Å²) in [5.41, 5.74) is 1.65. The highest BCUT2D eigenvalue weighted by molar-refractivity contribution is 9.09. The lowest BCUT2D eigenvalue weighted by Gasteiger charge is -2.35.